The highest BCUT2D eigenvalue weighted by Gasteiger charge is 2.48. The first-order chi connectivity index (χ1) is 16.1. The number of amidine groups is 2. The van der Waals surface area contributed by atoms with Gasteiger partial charge in [0, 0.05) is 13.1 Å². The summed E-state index contributed by atoms with van der Waals surface area (Å²) in [5, 5.41) is 0. The summed E-state index contributed by atoms with van der Waals surface area (Å²) < 4.78 is 0. The van der Waals surface area contributed by atoms with Crippen molar-refractivity contribution in [3.05, 3.63) is 0 Å². The third-order valence-electron chi connectivity index (χ3n) is 9.20. The summed E-state index contributed by atoms with van der Waals surface area (Å²) in [6.45, 7) is 14.3. The normalized spacial score (nSPS) is 34.7. The Morgan fingerprint density at radius 3 is 1.58 bits per heavy atom. The molecule has 188 valence electrons. The zero-order valence-electron chi connectivity index (χ0n) is 22.4. The number of nitrogens with zero attached hydrogens (tertiary/aromatic N) is 4. The van der Waals surface area contributed by atoms with Crippen LogP contribution in [0.3, 0.4) is 0 Å². The monoisotopic (exact) mass is 456 g/mol. The average Bonchev–Trinajstić information content (AvgIpc) is 3.37. The van der Waals surface area contributed by atoms with Crippen molar-refractivity contribution in [3.8, 4) is 0 Å². The summed E-state index contributed by atoms with van der Waals surface area (Å²) in [7, 11) is 0. The minimum Gasteiger partial charge on any atom is -0.355 e. The number of rotatable bonds is 11. The molecule has 6 unspecified atom stereocenters. The van der Waals surface area contributed by atoms with Crippen LogP contribution in [0.2, 0.25) is 0 Å². The predicted molar refractivity (Wildman–Crippen MR) is 142 cm³/mol. The molecule has 2 aliphatic carbocycles. The highest BCUT2D eigenvalue weighted by atomic mass is 15.3. The molecule has 0 saturated heterocycles. The second-order valence-corrected chi connectivity index (χ2v) is 11.7. The van der Waals surface area contributed by atoms with Crippen LogP contribution in [-0.2, 0) is 0 Å². The maximum absolute atomic E-state index is 5.61. The lowest BCUT2D eigenvalue weighted by Gasteiger charge is -2.39. The van der Waals surface area contributed by atoms with E-state index in [1.54, 1.807) is 0 Å². The summed E-state index contributed by atoms with van der Waals surface area (Å²) in [6.07, 6.45) is 17.0. The van der Waals surface area contributed by atoms with Crippen LogP contribution in [-0.4, -0.2) is 58.7 Å². The Morgan fingerprint density at radius 1 is 0.697 bits per heavy atom. The molecule has 4 aliphatic rings. The largest absolute Gasteiger partial charge is 0.355 e. The van der Waals surface area contributed by atoms with Gasteiger partial charge >= 0.3 is 0 Å². The number of unbranched alkanes of at least 4 members (excludes halogenated alkanes) is 3. The molecule has 2 fully saturated rings. The lowest BCUT2D eigenvalue weighted by molar-refractivity contribution is 0.193. The van der Waals surface area contributed by atoms with E-state index in [1.807, 2.05) is 0 Å². The van der Waals surface area contributed by atoms with Crippen LogP contribution in [0.5, 0.6) is 0 Å². The van der Waals surface area contributed by atoms with Gasteiger partial charge in [0.15, 0.2) is 0 Å². The lowest BCUT2D eigenvalue weighted by atomic mass is 9.82. The van der Waals surface area contributed by atoms with Gasteiger partial charge in [-0.05, 0) is 56.8 Å². The second-order valence-electron chi connectivity index (χ2n) is 11.7. The van der Waals surface area contributed by atoms with Gasteiger partial charge in [0.2, 0.25) is 0 Å². The van der Waals surface area contributed by atoms with Gasteiger partial charge in [-0.2, -0.15) is 0 Å². The lowest BCUT2D eigenvalue weighted by Crippen LogP contribution is -2.50. The van der Waals surface area contributed by atoms with Crippen LogP contribution in [0.15, 0.2) is 9.98 Å². The Bertz CT molecular complexity index is 631. The van der Waals surface area contributed by atoms with E-state index in [4.69, 9.17) is 9.98 Å². The van der Waals surface area contributed by atoms with Crippen molar-refractivity contribution < 1.29 is 0 Å². The second kappa shape index (κ2) is 11.6. The van der Waals surface area contributed by atoms with E-state index < -0.39 is 0 Å². The van der Waals surface area contributed by atoms with E-state index in [0.717, 1.165) is 11.8 Å². The first kappa shape index (κ1) is 25.0. The number of aliphatic imine (C=N–C) groups is 2. The van der Waals surface area contributed by atoms with Crippen LogP contribution < -0.4 is 0 Å². The van der Waals surface area contributed by atoms with Crippen LogP contribution in [0, 0.1) is 17.8 Å². The summed E-state index contributed by atoms with van der Waals surface area (Å²) in [4.78, 5) is 16.8. The van der Waals surface area contributed by atoms with Crippen molar-refractivity contribution in [1.82, 2.24) is 9.80 Å². The smallest absolute Gasteiger partial charge is 0.110 e. The standard InChI is InChI=1S/C29H52N4/c1-6-9-16-23(28-30-26-21(4)14-12-17-24(26)32(28)19-10-7-2)29-31-27-22(5)15-13-18-25(27)33(29)20-11-8-3/h21-27H,6-20H2,1-5H3. The fourth-order valence-electron chi connectivity index (χ4n) is 7.22. The van der Waals surface area contributed by atoms with E-state index in [9.17, 15) is 0 Å². The molecule has 4 nitrogen and oxygen atoms in total. The molecular weight excluding hydrogens is 404 g/mol. The molecule has 0 bridgehead atoms. The molecule has 0 aromatic rings. The topological polar surface area (TPSA) is 31.2 Å². The fourth-order valence-corrected chi connectivity index (χ4v) is 7.22. The van der Waals surface area contributed by atoms with Gasteiger partial charge in [-0.25, -0.2) is 0 Å². The van der Waals surface area contributed by atoms with Gasteiger partial charge in [0.25, 0.3) is 0 Å². The van der Waals surface area contributed by atoms with E-state index in [1.165, 1.54) is 108 Å². The van der Waals surface area contributed by atoms with E-state index in [2.05, 4.69) is 44.4 Å². The molecule has 6 atom stereocenters. The van der Waals surface area contributed by atoms with Crippen molar-refractivity contribution >= 4 is 11.7 Å². The SMILES string of the molecule is CCCCC(C1=NC2C(C)CCCC2N1CCCC)C1=NC2C(C)CCCC2N1CCCC. The van der Waals surface area contributed by atoms with Gasteiger partial charge in [-0.15, -0.1) is 0 Å². The number of hydrogen-bond donors (Lipinski definition) is 0. The Hall–Kier alpha value is -1.06. The maximum atomic E-state index is 5.61. The molecule has 33 heavy (non-hydrogen) atoms. The van der Waals surface area contributed by atoms with Crippen molar-refractivity contribution in [1.29, 1.82) is 0 Å². The molecule has 0 spiro atoms. The maximum Gasteiger partial charge on any atom is 0.110 e. The summed E-state index contributed by atoms with van der Waals surface area (Å²) in [5.74, 6) is 4.73. The summed E-state index contributed by atoms with van der Waals surface area (Å²) in [5.41, 5.74) is 0. The molecule has 2 heterocycles. The van der Waals surface area contributed by atoms with Crippen LogP contribution >= 0.6 is 0 Å². The minimum atomic E-state index is 0.411. The molecule has 0 radical (unpaired) electrons. The average molecular weight is 457 g/mol. The molecule has 0 N–H and O–H groups in total. The zero-order valence-corrected chi connectivity index (χ0v) is 22.4. The molecular formula is C29H52N4. The Morgan fingerprint density at radius 2 is 1.15 bits per heavy atom. The number of hydrogen-bond acceptors (Lipinski definition) is 4. The first-order valence-electron chi connectivity index (χ1n) is 14.8. The van der Waals surface area contributed by atoms with Gasteiger partial charge in [-0.3, -0.25) is 9.98 Å². The summed E-state index contributed by atoms with van der Waals surface area (Å²) in [6, 6.07) is 2.32. The van der Waals surface area contributed by atoms with Gasteiger partial charge in [0.1, 0.15) is 11.7 Å². The van der Waals surface area contributed by atoms with E-state index >= 15 is 0 Å². The molecule has 2 saturated carbocycles. The van der Waals surface area contributed by atoms with Crippen molar-refractivity contribution in [2.75, 3.05) is 13.1 Å². The Kier molecular flexibility index (Phi) is 8.79. The molecule has 4 rings (SSSR count). The number of fused-ring (bicyclic) bond motifs is 2. The fraction of sp³-hybridized carbons (Fsp3) is 0.931. The van der Waals surface area contributed by atoms with Gasteiger partial charge in [0.05, 0.1) is 30.1 Å². The van der Waals surface area contributed by atoms with E-state index in [-0.39, 0.29) is 0 Å². The highest BCUT2D eigenvalue weighted by Crippen LogP contribution is 2.41. The third kappa shape index (κ3) is 5.15. The molecule has 0 amide bonds. The Balaban J connectivity index is 1.69. The van der Waals surface area contributed by atoms with Gasteiger partial charge < -0.3 is 9.80 Å². The molecule has 4 heteroatoms. The quantitative estimate of drug-likeness (QED) is 0.337. The molecule has 2 aliphatic heterocycles. The highest BCUT2D eigenvalue weighted by molar-refractivity contribution is 6.07. The van der Waals surface area contributed by atoms with Gasteiger partial charge in [-0.1, -0.05) is 73.1 Å². The van der Waals surface area contributed by atoms with Crippen molar-refractivity contribution in [2.45, 2.75) is 142 Å². The van der Waals surface area contributed by atoms with Crippen LogP contribution in [0.25, 0.3) is 0 Å². The summed E-state index contributed by atoms with van der Waals surface area (Å²) >= 11 is 0. The Labute approximate surface area is 204 Å². The van der Waals surface area contributed by atoms with Crippen molar-refractivity contribution in [2.24, 2.45) is 27.7 Å². The van der Waals surface area contributed by atoms with Crippen molar-refractivity contribution in [3.63, 3.8) is 0 Å². The first-order valence-corrected chi connectivity index (χ1v) is 14.8. The van der Waals surface area contributed by atoms with E-state index in [0.29, 0.717) is 30.1 Å². The van der Waals surface area contributed by atoms with Crippen LogP contribution in [0.1, 0.15) is 118 Å². The minimum absolute atomic E-state index is 0.411. The third-order valence-corrected chi connectivity index (χ3v) is 9.20. The predicted octanol–water partition coefficient (Wildman–Crippen LogP) is 6.94. The molecule has 0 aromatic heterocycles. The zero-order chi connectivity index (χ0) is 23.4. The van der Waals surface area contributed by atoms with Crippen LogP contribution in [0.4, 0.5) is 0 Å². The molecule has 0 aromatic carbocycles.